The Labute approximate surface area is 105 Å². The highest BCUT2D eigenvalue weighted by atomic mass is 79.9. The van der Waals surface area contributed by atoms with Gasteiger partial charge in [-0.15, -0.1) is 6.58 Å². The van der Waals surface area contributed by atoms with E-state index in [9.17, 15) is 4.39 Å². The summed E-state index contributed by atoms with van der Waals surface area (Å²) in [6.07, 6.45) is 1.76. The number of benzene rings is 1. The van der Waals surface area contributed by atoms with Crippen LogP contribution in [0.15, 0.2) is 34.8 Å². The SMILES string of the molecule is C=C(C)CCC(NC)c1cc(Br)ccc1F. The lowest BCUT2D eigenvalue weighted by Crippen LogP contribution is -2.17. The van der Waals surface area contributed by atoms with Crippen LogP contribution in [0.5, 0.6) is 0 Å². The Bertz CT molecular complexity index is 376. The quantitative estimate of drug-likeness (QED) is 0.800. The van der Waals surface area contributed by atoms with Crippen LogP contribution >= 0.6 is 15.9 Å². The molecule has 1 N–H and O–H groups in total. The summed E-state index contributed by atoms with van der Waals surface area (Å²) in [6.45, 7) is 5.85. The van der Waals surface area contributed by atoms with Gasteiger partial charge in [-0.2, -0.15) is 0 Å². The molecule has 1 rings (SSSR count). The lowest BCUT2D eigenvalue weighted by molar-refractivity contribution is 0.508. The Morgan fingerprint density at radius 1 is 1.56 bits per heavy atom. The van der Waals surface area contributed by atoms with Gasteiger partial charge < -0.3 is 5.32 Å². The van der Waals surface area contributed by atoms with E-state index < -0.39 is 0 Å². The van der Waals surface area contributed by atoms with Gasteiger partial charge in [0.05, 0.1) is 0 Å². The van der Waals surface area contributed by atoms with E-state index in [-0.39, 0.29) is 11.9 Å². The van der Waals surface area contributed by atoms with E-state index >= 15 is 0 Å². The smallest absolute Gasteiger partial charge is 0.128 e. The molecule has 0 bridgehead atoms. The zero-order valence-electron chi connectivity index (χ0n) is 9.69. The summed E-state index contributed by atoms with van der Waals surface area (Å²) in [5.41, 5.74) is 1.83. The van der Waals surface area contributed by atoms with Gasteiger partial charge in [0.1, 0.15) is 5.82 Å². The van der Waals surface area contributed by atoms with Gasteiger partial charge in [0.15, 0.2) is 0 Å². The first-order valence-electron chi connectivity index (χ1n) is 5.31. The summed E-state index contributed by atoms with van der Waals surface area (Å²) in [4.78, 5) is 0. The molecule has 0 saturated heterocycles. The molecule has 88 valence electrons. The fourth-order valence-electron chi connectivity index (χ4n) is 1.63. The van der Waals surface area contributed by atoms with Gasteiger partial charge in [-0.3, -0.25) is 0 Å². The van der Waals surface area contributed by atoms with Gasteiger partial charge in [-0.05, 0) is 45.0 Å². The van der Waals surface area contributed by atoms with E-state index in [1.807, 2.05) is 20.0 Å². The molecule has 16 heavy (non-hydrogen) atoms. The molecule has 0 aliphatic carbocycles. The van der Waals surface area contributed by atoms with E-state index in [2.05, 4.69) is 27.8 Å². The van der Waals surface area contributed by atoms with Crippen LogP contribution in [0.4, 0.5) is 4.39 Å². The molecule has 1 aromatic rings. The van der Waals surface area contributed by atoms with Crippen LogP contribution in [0, 0.1) is 5.82 Å². The molecule has 0 saturated carbocycles. The number of nitrogens with one attached hydrogen (secondary N) is 1. The first kappa shape index (κ1) is 13.4. The van der Waals surface area contributed by atoms with E-state index in [1.54, 1.807) is 6.07 Å². The Morgan fingerprint density at radius 2 is 2.25 bits per heavy atom. The summed E-state index contributed by atoms with van der Waals surface area (Å²) in [6, 6.07) is 5.07. The van der Waals surface area contributed by atoms with Gasteiger partial charge in [0, 0.05) is 16.1 Å². The molecule has 3 heteroatoms. The largest absolute Gasteiger partial charge is 0.313 e. The highest BCUT2D eigenvalue weighted by molar-refractivity contribution is 9.10. The Balaban J connectivity index is 2.85. The number of hydrogen-bond acceptors (Lipinski definition) is 1. The molecule has 1 nitrogen and oxygen atoms in total. The first-order valence-corrected chi connectivity index (χ1v) is 6.10. The van der Waals surface area contributed by atoms with Crippen LogP contribution < -0.4 is 5.32 Å². The van der Waals surface area contributed by atoms with Crippen molar-refractivity contribution in [2.24, 2.45) is 0 Å². The van der Waals surface area contributed by atoms with Crippen molar-refractivity contribution in [2.75, 3.05) is 7.05 Å². The molecule has 0 fully saturated rings. The Kier molecular flexibility index (Phi) is 5.16. The fourth-order valence-corrected chi connectivity index (χ4v) is 2.01. The summed E-state index contributed by atoms with van der Waals surface area (Å²) in [5, 5.41) is 3.14. The number of allylic oxidation sites excluding steroid dienone is 1. The molecule has 0 aliphatic heterocycles. The van der Waals surface area contributed by atoms with Gasteiger partial charge in [0.25, 0.3) is 0 Å². The average Bonchev–Trinajstić information content (AvgIpc) is 2.23. The molecule has 0 radical (unpaired) electrons. The minimum Gasteiger partial charge on any atom is -0.313 e. The number of hydrogen-bond donors (Lipinski definition) is 1. The summed E-state index contributed by atoms with van der Waals surface area (Å²) >= 11 is 3.36. The van der Waals surface area contributed by atoms with Gasteiger partial charge in [-0.25, -0.2) is 4.39 Å². The fraction of sp³-hybridized carbons (Fsp3) is 0.385. The molecule has 0 aliphatic rings. The van der Waals surface area contributed by atoms with Crippen LogP contribution in [-0.2, 0) is 0 Å². The normalized spacial score (nSPS) is 12.5. The van der Waals surface area contributed by atoms with Gasteiger partial charge >= 0.3 is 0 Å². The van der Waals surface area contributed by atoms with Crippen molar-refractivity contribution in [3.05, 3.63) is 46.2 Å². The summed E-state index contributed by atoms with van der Waals surface area (Å²) in [7, 11) is 1.85. The monoisotopic (exact) mass is 285 g/mol. The van der Waals surface area contributed by atoms with Crippen LogP contribution in [0.1, 0.15) is 31.4 Å². The topological polar surface area (TPSA) is 12.0 Å². The predicted octanol–water partition coefficient (Wildman–Crippen LogP) is 4.21. The molecule has 0 heterocycles. The lowest BCUT2D eigenvalue weighted by atomic mass is 10.00. The highest BCUT2D eigenvalue weighted by Crippen LogP contribution is 2.25. The van der Waals surface area contributed by atoms with Crippen molar-refractivity contribution in [3.8, 4) is 0 Å². The molecule has 0 spiro atoms. The van der Waals surface area contributed by atoms with E-state index in [1.165, 1.54) is 6.07 Å². The van der Waals surface area contributed by atoms with Crippen molar-refractivity contribution in [2.45, 2.75) is 25.8 Å². The number of rotatable bonds is 5. The third kappa shape index (κ3) is 3.72. The zero-order valence-corrected chi connectivity index (χ0v) is 11.3. The second-order valence-electron chi connectivity index (χ2n) is 4.00. The van der Waals surface area contributed by atoms with Crippen molar-refractivity contribution in [1.82, 2.24) is 5.32 Å². The van der Waals surface area contributed by atoms with E-state index in [4.69, 9.17) is 0 Å². The minimum absolute atomic E-state index is 0.0363. The second-order valence-corrected chi connectivity index (χ2v) is 4.92. The third-order valence-corrected chi connectivity index (χ3v) is 3.03. The Hall–Kier alpha value is -0.670. The zero-order chi connectivity index (χ0) is 12.1. The maximum absolute atomic E-state index is 13.6. The molecule has 0 aromatic heterocycles. The van der Waals surface area contributed by atoms with Crippen molar-refractivity contribution >= 4 is 15.9 Å². The Morgan fingerprint density at radius 3 is 2.81 bits per heavy atom. The van der Waals surface area contributed by atoms with Crippen molar-refractivity contribution in [1.29, 1.82) is 0 Å². The van der Waals surface area contributed by atoms with Crippen molar-refractivity contribution in [3.63, 3.8) is 0 Å². The minimum atomic E-state index is -0.163. The van der Waals surface area contributed by atoms with E-state index in [0.717, 1.165) is 22.9 Å². The lowest BCUT2D eigenvalue weighted by Gasteiger charge is -2.17. The van der Waals surface area contributed by atoms with Gasteiger partial charge in [0.2, 0.25) is 0 Å². The second kappa shape index (κ2) is 6.16. The van der Waals surface area contributed by atoms with Crippen LogP contribution in [0.25, 0.3) is 0 Å². The summed E-state index contributed by atoms with van der Waals surface area (Å²) in [5.74, 6) is -0.163. The van der Waals surface area contributed by atoms with Crippen LogP contribution in [0.2, 0.25) is 0 Å². The molecule has 1 unspecified atom stereocenters. The molecule has 1 aromatic carbocycles. The number of halogens is 2. The predicted molar refractivity (Wildman–Crippen MR) is 69.9 cm³/mol. The molecular weight excluding hydrogens is 269 g/mol. The standard InChI is InChI=1S/C13H17BrFN/c1-9(2)4-7-13(16-3)11-8-10(14)5-6-12(11)15/h5-6,8,13,16H,1,4,7H2,2-3H3. The molecular formula is C13H17BrFN. The van der Waals surface area contributed by atoms with Crippen LogP contribution in [-0.4, -0.2) is 7.05 Å². The van der Waals surface area contributed by atoms with Gasteiger partial charge in [-0.1, -0.05) is 21.5 Å². The molecule has 0 amide bonds. The van der Waals surface area contributed by atoms with Crippen molar-refractivity contribution < 1.29 is 4.39 Å². The third-order valence-electron chi connectivity index (χ3n) is 2.54. The molecule has 1 atom stereocenters. The summed E-state index contributed by atoms with van der Waals surface area (Å²) < 4.78 is 14.6. The average molecular weight is 286 g/mol. The first-order chi connectivity index (χ1) is 7.54. The van der Waals surface area contributed by atoms with E-state index in [0.29, 0.717) is 5.56 Å². The highest BCUT2D eigenvalue weighted by Gasteiger charge is 2.13. The maximum atomic E-state index is 13.6. The van der Waals surface area contributed by atoms with Crippen LogP contribution in [0.3, 0.4) is 0 Å². The maximum Gasteiger partial charge on any atom is 0.128 e.